The first-order valence-corrected chi connectivity index (χ1v) is 5.04. The van der Waals surface area contributed by atoms with Gasteiger partial charge in [0.15, 0.2) is 0 Å². The molecule has 0 unspecified atom stereocenters. The lowest BCUT2D eigenvalue weighted by molar-refractivity contribution is -0.137. The first kappa shape index (κ1) is 10.1. The van der Waals surface area contributed by atoms with Crippen molar-refractivity contribution in [3.8, 4) is 0 Å². The van der Waals surface area contributed by atoms with Crippen molar-refractivity contribution < 1.29 is 9.18 Å². The van der Waals surface area contributed by atoms with Crippen LogP contribution in [0.2, 0.25) is 0 Å². The minimum Gasteiger partial charge on any atom is -0.274 e. The van der Waals surface area contributed by atoms with E-state index >= 15 is 0 Å². The zero-order valence-corrected chi connectivity index (χ0v) is 8.37. The monoisotopic (exact) mass is 208 g/mol. The highest BCUT2D eigenvalue weighted by Crippen LogP contribution is 2.09. The van der Waals surface area contributed by atoms with E-state index in [2.05, 4.69) is 5.43 Å². The summed E-state index contributed by atoms with van der Waals surface area (Å²) < 4.78 is 12.9. The second-order valence-corrected chi connectivity index (χ2v) is 3.62. The topological polar surface area (TPSA) is 32.3 Å². The Bertz CT molecular complexity index is 367. The van der Waals surface area contributed by atoms with Gasteiger partial charge in [0, 0.05) is 13.0 Å². The summed E-state index contributed by atoms with van der Waals surface area (Å²) in [4.78, 5) is 11.5. The van der Waals surface area contributed by atoms with Gasteiger partial charge in [-0.3, -0.25) is 9.80 Å². The largest absolute Gasteiger partial charge is 0.274 e. The molecule has 1 aromatic rings. The van der Waals surface area contributed by atoms with Crippen molar-refractivity contribution in [3.05, 3.63) is 35.6 Å². The van der Waals surface area contributed by atoms with Crippen LogP contribution in [-0.2, 0) is 11.3 Å². The standard InChI is InChI=1S/C11H13FN2O/c12-10-4-1-3-9(7-10)8-14-11(15)5-2-6-13-14/h1,3-4,7,13H,2,5-6,8H2. The van der Waals surface area contributed by atoms with Crippen LogP contribution in [0.5, 0.6) is 0 Å². The fourth-order valence-electron chi connectivity index (χ4n) is 1.64. The van der Waals surface area contributed by atoms with Crippen molar-refractivity contribution in [1.82, 2.24) is 10.4 Å². The highest BCUT2D eigenvalue weighted by Gasteiger charge is 2.17. The number of hydrogen-bond donors (Lipinski definition) is 1. The Morgan fingerprint density at radius 1 is 1.47 bits per heavy atom. The smallest absolute Gasteiger partial charge is 0.237 e. The van der Waals surface area contributed by atoms with Crippen molar-refractivity contribution in [2.45, 2.75) is 19.4 Å². The maximum atomic E-state index is 12.9. The lowest BCUT2D eigenvalue weighted by Crippen LogP contribution is -2.46. The molecule has 1 heterocycles. The molecule has 15 heavy (non-hydrogen) atoms. The first-order valence-electron chi connectivity index (χ1n) is 5.04. The van der Waals surface area contributed by atoms with Crippen molar-refractivity contribution in [2.24, 2.45) is 0 Å². The predicted molar refractivity (Wildman–Crippen MR) is 54.2 cm³/mol. The van der Waals surface area contributed by atoms with Crippen LogP contribution in [0.1, 0.15) is 18.4 Å². The summed E-state index contributed by atoms with van der Waals surface area (Å²) in [7, 11) is 0. The Morgan fingerprint density at radius 2 is 2.33 bits per heavy atom. The Labute approximate surface area is 87.9 Å². The van der Waals surface area contributed by atoms with Gasteiger partial charge in [-0.1, -0.05) is 12.1 Å². The third-order valence-corrected chi connectivity index (χ3v) is 2.40. The van der Waals surface area contributed by atoms with Crippen LogP contribution in [0.15, 0.2) is 24.3 Å². The molecule has 2 rings (SSSR count). The quantitative estimate of drug-likeness (QED) is 0.797. The zero-order chi connectivity index (χ0) is 10.7. The van der Waals surface area contributed by atoms with Gasteiger partial charge in [0.05, 0.1) is 6.54 Å². The number of nitrogens with one attached hydrogen (secondary N) is 1. The van der Waals surface area contributed by atoms with Gasteiger partial charge in [-0.05, 0) is 24.1 Å². The molecule has 0 aromatic heterocycles. The lowest BCUT2D eigenvalue weighted by Gasteiger charge is -2.27. The average Bonchev–Trinajstić information content (AvgIpc) is 2.22. The number of benzene rings is 1. The number of nitrogens with zero attached hydrogens (tertiary/aromatic N) is 1. The molecule has 0 radical (unpaired) electrons. The Balaban J connectivity index is 2.04. The van der Waals surface area contributed by atoms with E-state index in [9.17, 15) is 9.18 Å². The third-order valence-electron chi connectivity index (χ3n) is 2.40. The molecule has 1 aromatic carbocycles. The number of hydrazine groups is 1. The van der Waals surface area contributed by atoms with Gasteiger partial charge < -0.3 is 0 Å². The van der Waals surface area contributed by atoms with Crippen molar-refractivity contribution in [2.75, 3.05) is 6.54 Å². The van der Waals surface area contributed by atoms with Crippen LogP contribution >= 0.6 is 0 Å². The van der Waals surface area contributed by atoms with E-state index in [0.717, 1.165) is 18.5 Å². The number of hydrogen-bond acceptors (Lipinski definition) is 2. The van der Waals surface area contributed by atoms with Crippen LogP contribution in [0, 0.1) is 5.82 Å². The number of halogens is 1. The summed E-state index contributed by atoms with van der Waals surface area (Å²) in [5.74, 6) is -0.192. The molecule has 80 valence electrons. The highest BCUT2D eigenvalue weighted by atomic mass is 19.1. The van der Waals surface area contributed by atoms with E-state index in [1.54, 1.807) is 11.1 Å². The van der Waals surface area contributed by atoms with Gasteiger partial charge in [-0.25, -0.2) is 9.82 Å². The SMILES string of the molecule is O=C1CCCNN1Cc1cccc(F)c1. The summed E-state index contributed by atoms with van der Waals surface area (Å²) in [5.41, 5.74) is 3.80. The number of amides is 1. The minimum atomic E-state index is -0.267. The fourth-order valence-corrected chi connectivity index (χ4v) is 1.64. The van der Waals surface area contributed by atoms with Gasteiger partial charge in [0.1, 0.15) is 5.82 Å². The second-order valence-electron chi connectivity index (χ2n) is 3.62. The summed E-state index contributed by atoms with van der Waals surface area (Å²) >= 11 is 0. The molecule has 3 nitrogen and oxygen atoms in total. The maximum Gasteiger partial charge on any atom is 0.237 e. The average molecular weight is 208 g/mol. The van der Waals surface area contributed by atoms with Crippen molar-refractivity contribution >= 4 is 5.91 Å². The van der Waals surface area contributed by atoms with E-state index < -0.39 is 0 Å². The maximum absolute atomic E-state index is 12.9. The number of carbonyl (C=O) groups excluding carboxylic acids is 1. The zero-order valence-electron chi connectivity index (χ0n) is 8.37. The van der Waals surface area contributed by atoms with Crippen LogP contribution < -0.4 is 5.43 Å². The Morgan fingerprint density at radius 3 is 3.07 bits per heavy atom. The summed E-state index contributed by atoms with van der Waals surface area (Å²) in [6.45, 7) is 1.23. The molecule has 1 aliphatic rings. The molecule has 1 saturated heterocycles. The number of carbonyl (C=O) groups is 1. The van der Waals surface area contributed by atoms with Crippen LogP contribution in [-0.4, -0.2) is 17.5 Å². The van der Waals surface area contributed by atoms with E-state index in [4.69, 9.17) is 0 Å². The van der Waals surface area contributed by atoms with Crippen LogP contribution in [0.25, 0.3) is 0 Å². The van der Waals surface area contributed by atoms with E-state index in [-0.39, 0.29) is 11.7 Å². The van der Waals surface area contributed by atoms with E-state index in [0.29, 0.717) is 13.0 Å². The minimum absolute atomic E-state index is 0.0745. The van der Waals surface area contributed by atoms with Gasteiger partial charge in [0.25, 0.3) is 0 Å². The first-order chi connectivity index (χ1) is 7.25. The highest BCUT2D eigenvalue weighted by molar-refractivity contribution is 5.76. The molecule has 0 aliphatic carbocycles. The van der Waals surface area contributed by atoms with Crippen molar-refractivity contribution in [3.63, 3.8) is 0 Å². The molecule has 0 spiro atoms. The molecular formula is C11H13FN2O. The second kappa shape index (κ2) is 4.40. The normalized spacial score (nSPS) is 16.9. The molecule has 0 atom stereocenters. The van der Waals surface area contributed by atoms with Crippen LogP contribution in [0.3, 0.4) is 0 Å². The number of rotatable bonds is 2. The summed E-state index contributed by atoms with van der Waals surface area (Å²) in [5, 5.41) is 1.55. The predicted octanol–water partition coefficient (Wildman–Crippen LogP) is 1.45. The molecule has 0 saturated carbocycles. The van der Waals surface area contributed by atoms with Gasteiger partial charge in [-0.2, -0.15) is 0 Å². The molecule has 0 bridgehead atoms. The molecular weight excluding hydrogens is 195 g/mol. The lowest BCUT2D eigenvalue weighted by atomic mass is 10.2. The van der Waals surface area contributed by atoms with Gasteiger partial charge in [-0.15, -0.1) is 0 Å². The molecule has 1 aliphatic heterocycles. The summed E-state index contributed by atoms with van der Waals surface area (Å²) in [6, 6.07) is 6.31. The third kappa shape index (κ3) is 2.53. The molecule has 1 amide bonds. The van der Waals surface area contributed by atoms with Gasteiger partial charge in [0.2, 0.25) is 5.91 Å². The Hall–Kier alpha value is -1.42. The van der Waals surface area contributed by atoms with E-state index in [1.165, 1.54) is 12.1 Å². The summed E-state index contributed by atoms with van der Waals surface area (Å²) in [6.07, 6.45) is 1.45. The molecule has 1 fully saturated rings. The van der Waals surface area contributed by atoms with Gasteiger partial charge >= 0.3 is 0 Å². The molecule has 4 heteroatoms. The Kier molecular flexibility index (Phi) is 2.97. The van der Waals surface area contributed by atoms with Crippen LogP contribution in [0.4, 0.5) is 4.39 Å². The fraction of sp³-hybridized carbons (Fsp3) is 0.364. The molecule has 1 N–H and O–H groups in total. The van der Waals surface area contributed by atoms with E-state index in [1.807, 2.05) is 6.07 Å². The van der Waals surface area contributed by atoms with Crippen molar-refractivity contribution in [1.29, 1.82) is 0 Å².